The van der Waals surface area contributed by atoms with Gasteiger partial charge in [0.05, 0.1) is 6.42 Å². The number of carbonyl (C=O) groups is 2. The van der Waals surface area contributed by atoms with Crippen LogP contribution in [-0.2, 0) is 22.6 Å². The van der Waals surface area contributed by atoms with Crippen molar-refractivity contribution in [2.75, 3.05) is 6.54 Å². The van der Waals surface area contributed by atoms with Gasteiger partial charge in [0, 0.05) is 18.1 Å². The molecular weight excluding hydrogens is 468 g/mol. The van der Waals surface area contributed by atoms with Gasteiger partial charge in [0.2, 0.25) is 11.8 Å². The van der Waals surface area contributed by atoms with Gasteiger partial charge in [0.1, 0.15) is 6.04 Å². The highest BCUT2D eigenvalue weighted by molar-refractivity contribution is 6.30. The summed E-state index contributed by atoms with van der Waals surface area (Å²) in [6.07, 6.45) is 8.07. The molecule has 5 heteroatoms. The molecule has 3 aromatic carbocycles. The van der Waals surface area contributed by atoms with Crippen molar-refractivity contribution in [1.29, 1.82) is 0 Å². The molecule has 3 aromatic rings. The Morgan fingerprint density at radius 1 is 0.861 bits per heavy atom. The molecule has 2 amide bonds. The molecule has 36 heavy (non-hydrogen) atoms. The summed E-state index contributed by atoms with van der Waals surface area (Å²) in [4.78, 5) is 29.1. The van der Waals surface area contributed by atoms with Crippen molar-refractivity contribution in [2.45, 2.75) is 51.1 Å². The lowest BCUT2D eigenvalue weighted by Gasteiger charge is -2.32. The summed E-state index contributed by atoms with van der Waals surface area (Å²) in [5.41, 5.74) is 4.04. The first-order valence-electron chi connectivity index (χ1n) is 12.7. The molecular formula is C31H33ClN2O2. The van der Waals surface area contributed by atoms with E-state index >= 15 is 0 Å². The number of amides is 2. The number of allylic oxidation sites excluding steroid dienone is 1. The van der Waals surface area contributed by atoms with E-state index in [-0.39, 0.29) is 18.2 Å². The lowest BCUT2D eigenvalue weighted by Crippen LogP contribution is -2.44. The van der Waals surface area contributed by atoms with E-state index < -0.39 is 6.04 Å². The standard InChI is InChI=1S/C31H33ClN2O2/c32-28-18-16-26(17-19-28)23-34(29(35)22-25-12-6-2-7-13-25)30(27-14-8-3-9-15-27)31(36)33-21-20-24-10-4-1-5-11-24/h2-3,6-10,12-19,30H,1,4-5,11,20-23H2,(H,33,36). The summed E-state index contributed by atoms with van der Waals surface area (Å²) in [5.74, 6) is -0.261. The Balaban J connectivity index is 1.60. The number of hydrogen-bond donors (Lipinski definition) is 1. The Hall–Kier alpha value is -3.37. The molecule has 1 N–H and O–H groups in total. The fourth-order valence-electron chi connectivity index (χ4n) is 4.66. The Bertz CT molecular complexity index is 1160. The van der Waals surface area contributed by atoms with Crippen LogP contribution >= 0.6 is 11.6 Å². The van der Waals surface area contributed by atoms with Crippen LogP contribution < -0.4 is 5.32 Å². The number of nitrogens with zero attached hydrogens (tertiary/aromatic N) is 1. The molecule has 0 aromatic heterocycles. The molecule has 1 unspecified atom stereocenters. The normalized spacial score (nSPS) is 14.0. The third kappa shape index (κ3) is 7.32. The second-order valence-corrected chi connectivity index (χ2v) is 9.71. The van der Waals surface area contributed by atoms with Gasteiger partial charge in [-0.1, -0.05) is 96.0 Å². The van der Waals surface area contributed by atoms with Crippen molar-refractivity contribution in [3.8, 4) is 0 Å². The van der Waals surface area contributed by atoms with E-state index in [0.717, 1.165) is 36.0 Å². The number of halogens is 1. The topological polar surface area (TPSA) is 49.4 Å². The molecule has 0 saturated heterocycles. The highest BCUT2D eigenvalue weighted by Crippen LogP contribution is 2.26. The maximum atomic E-state index is 13.7. The van der Waals surface area contributed by atoms with Crippen molar-refractivity contribution < 1.29 is 9.59 Å². The molecule has 1 atom stereocenters. The van der Waals surface area contributed by atoms with Gasteiger partial charge in [-0.15, -0.1) is 0 Å². The fourth-order valence-corrected chi connectivity index (χ4v) is 4.79. The van der Waals surface area contributed by atoms with Gasteiger partial charge in [-0.2, -0.15) is 0 Å². The van der Waals surface area contributed by atoms with Crippen LogP contribution in [0.3, 0.4) is 0 Å². The van der Waals surface area contributed by atoms with Gasteiger partial charge in [0.25, 0.3) is 0 Å². The molecule has 0 heterocycles. The second kappa shape index (κ2) is 13.1. The highest BCUT2D eigenvalue weighted by atomic mass is 35.5. The maximum Gasteiger partial charge on any atom is 0.247 e. The molecule has 0 fully saturated rings. The average molecular weight is 501 g/mol. The lowest BCUT2D eigenvalue weighted by atomic mass is 9.97. The van der Waals surface area contributed by atoms with Gasteiger partial charge in [-0.25, -0.2) is 0 Å². The van der Waals surface area contributed by atoms with E-state index in [2.05, 4.69) is 11.4 Å². The first-order chi connectivity index (χ1) is 17.6. The third-order valence-electron chi connectivity index (χ3n) is 6.59. The monoisotopic (exact) mass is 500 g/mol. The Morgan fingerprint density at radius 2 is 1.56 bits per heavy atom. The number of hydrogen-bond acceptors (Lipinski definition) is 2. The number of benzene rings is 3. The van der Waals surface area contributed by atoms with Gasteiger partial charge >= 0.3 is 0 Å². The van der Waals surface area contributed by atoms with E-state index in [1.165, 1.54) is 18.4 Å². The van der Waals surface area contributed by atoms with Crippen LogP contribution in [0.2, 0.25) is 5.02 Å². The zero-order valence-corrected chi connectivity index (χ0v) is 21.3. The van der Waals surface area contributed by atoms with Crippen molar-refractivity contribution in [3.63, 3.8) is 0 Å². The third-order valence-corrected chi connectivity index (χ3v) is 6.84. The first kappa shape index (κ1) is 25.7. The first-order valence-corrected chi connectivity index (χ1v) is 13.1. The van der Waals surface area contributed by atoms with Crippen LogP contribution in [0.25, 0.3) is 0 Å². The van der Waals surface area contributed by atoms with Crippen molar-refractivity contribution >= 4 is 23.4 Å². The summed E-state index contributed by atoms with van der Waals surface area (Å²) in [7, 11) is 0. The van der Waals surface area contributed by atoms with Crippen LogP contribution in [0.4, 0.5) is 0 Å². The largest absolute Gasteiger partial charge is 0.354 e. The summed E-state index contributed by atoms with van der Waals surface area (Å²) in [6.45, 7) is 0.872. The van der Waals surface area contributed by atoms with Crippen molar-refractivity contribution in [3.05, 3.63) is 118 Å². The molecule has 1 aliphatic carbocycles. The molecule has 0 aliphatic heterocycles. The minimum absolute atomic E-state index is 0.102. The minimum Gasteiger partial charge on any atom is -0.354 e. The van der Waals surface area contributed by atoms with Gasteiger partial charge < -0.3 is 10.2 Å². The molecule has 4 rings (SSSR count). The number of rotatable bonds is 10. The number of nitrogens with one attached hydrogen (secondary N) is 1. The van der Waals surface area contributed by atoms with Gasteiger partial charge in [-0.05, 0) is 60.9 Å². The second-order valence-electron chi connectivity index (χ2n) is 9.27. The quantitative estimate of drug-likeness (QED) is 0.316. The number of carbonyl (C=O) groups excluding carboxylic acids is 2. The predicted molar refractivity (Wildman–Crippen MR) is 146 cm³/mol. The highest BCUT2D eigenvalue weighted by Gasteiger charge is 2.31. The van der Waals surface area contributed by atoms with E-state index in [1.807, 2.05) is 84.9 Å². The van der Waals surface area contributed by atoms with E-state index in [1.54, 1.807) is 4.90 Å². The Morgan fingerprint density at radius 3 is 2.22 bits per heavy atom. The van der Waals surface area contributed by atoms with Crippen LogP contribution in [0.1, 0.15) is 54.8 Å². The van der Waals surface area contributed by atoms with E-state index in [9.17, 15) is 9.59 Å². The van der Waals surface area contributed by atoms with Crippen molar-refractivity contribution in [1.82, 2.24) is 10.2 Å². The smallest absolute Gasteiger partial charge is 0.247 e. The van der Waals surface area contributed by atoms with Crippen LogP contribution in [0.5, 0.6) is 0 Å². The summed E-state index contributed by atoms with van der Waals surface area (Å²) >= 11 is 6.10. The summed E-state index contributed by atoms with van der Waals surface area (Å²) < 4.78 is 0. The maximum absolute atomic E-state index is 13.7. The SMILES string of the molecule is O=C(NCCC1=CCCCC1)C(c1ccccc1)N(Cc1ccc(Cl)cc1)C(=O)Cc1ccccc1. The van der Waals surface area contributed by atoms with Crippen molar-refractivity contribution in [2.24, 2.45) is 0 Å². The average Bonchev–Trinajstić information content (AvgIpc) is 2.91. The molecule has 1 aliphatic rings. The molecule has 186 valence electrons. The van der Waals surface area contributed by atoms with Crippen LogP contribution in [-0.4, -0.2) is 23.3 Å². The molecule has 0 bridgehead atoms. The lowest BCUT2D eigenvalue weighted by molar-refractivity contribution is -0.141. The van der Waals surface area contributed by atoms with E-state index in [0.29, 0.717) is 18.1 Å². The Labute approximate surface area is 219 Å². The molecule has 4 nitrogen and oxygen atoms in total. The zero-order valence-electron chi connectivity index (χ0n) is 20.5. The van der Waals surface area contributed by atoms with E-state index in [4.69, 9.17) is 11.6 Å². The van der Waals surface area contributed by atoms with Gasteiger partial charge in [0.15, 0.2) is 0 Å². The molecule has 0 saturated carbocycles. The summed E-state index contributed by atoms with van der Waals surface area (Å²) in [5, 5.41) is 3.76. The summed E-state index contributed by atoms with van der Waals surface area (Å²) in [6, 6.07) is 25.9. The molecule has 0 radical (unpaired) electrons. The Kier molecular flexibility index (Phi) is 9.34. The fraction of sp³-hybridized carbons (Fsp3) is 0.290. The van der Waals surface area contributed by atoms with Gasteiger partial charge in [-0.3, -0.25) is 9.59 Å². The molecule has 0 spiro atoms. The van der Waals surface area contributed by atoms with Crippen LogP contribution in [0, 0.1) is 0 Å². The predicted octanol–water partition coefficient (Wildman–Crippen LogP) is 6.66. The van der Waals surface area contributed by atoms with Crippen LogP contribution in [0.15, 0.2) is 96.6 Å². The minimum atomic E-state index is -0.738. The zero-order chi connectivity index (χ0) is 25.2.